The maximum atomic E-state index is 6.06. The first-order valence-electron chi connectivity index (χ1n) is 5.49. The molecule has 0 amide bonds. The highest BCUT2D eigenvalue weighted by molar-refractivity contribution is 9.10. The zero-order chi connectivity index (χ0) is 13.1. The summed E-state index contributed by atoms with van der Waals surface area (Å²) < 4.78 is 1.06. The van der Waals surface area contributed by atoms with Gasteiger partial charge in [0.15, 0.2) is 0 Å². The van der Waals surface area contributed by atoms with Crippen molar-refractivity contribution in [3.8, 4) is 0 Å². The van der Waals surface area contributed by atoms with Gasteiger partial charge >= 0.3 is 0 Å². The van der Waals surface area contributed by atoms with E-state index in [0.717, 1.165) is 10.0 Å². The minimum absolute atomic E-state index is 0.0947. The first-order valence-corrected chi connectivity index (χ1v) is 7.04. The Morgan fingerprint density at radius 3 is 2.33 bits per heavy atom. The summed E-state index contributed by atoms with van der Waals surface area (Å²) in [4.78, 5) is 0. The van der Waals surface area contributed by atoms with Gasteiger partial charge in [-0.25, -0.2) is 0 Å². The quantitative estimate of drug-likeness (QED) is 0.820. The molecular weight excluding hydrogens is 333 g/mol. The Kier molecular flexibility index (Phi) is 4.68. The van der Waals surface area contributed by atoms with Gasteiger partial charge in [0.1, 0.15) is 0 Å². The van der Waals surface area contributed by atoms with E-state index in [9.17, 15) is 0 Å². The highest BCUT2D eigenvalue weighted by atomic mass is 79.9. The Morgan fingerprint density at radius 2 is 1.72 bits per heavy atom. The molecule has 18 heavy (non-hydrogen) atoms. The molecule has 0 fully saturated rings. The van der Waals surface area contributed by atoms with Gasteiger partial charge in [-0.15, -0.1) is 0 Å². The molecule has 0 aliphatic carbocycles. The van der Waals surface area contributed by atoms with Crippen molar-refractivity contribution >= 4 is 39.1 Å². The summed E-state index contributed by atoms with van der Waals surface area (Å²) >= 11 is 15.5. The molecule has 2 rings (SSSR count). The van der Waals surface area contributed by atoms with Crippen molar-refractivity contribution in [3.05, 3.63) is 68.1 Å². The molecule has 0 bridgehead atoms. The van der Waals surface area contributed by atoms with Gasteiger partial charge < -0.3 is 5.32 Å². The predicted molar refractivity (Wildman–Crippen MR) is 81.5 cm³/mol. The van der Waals surface area contributed by atoms with Crippen LogP contribution in [0.4, 0.5) is 0 Å². The fourth-order valence-corrected chi connectivity index (χ4v) is 2.63. The minimum Gasteiger partial charge on any atom is -0.309 e. The molecule has 0 radical (unpaired) electrons. The van der Waals surface area contributed by atoms with E-state index in [0.29, 0.717) is 10.0 Å². The molecular formula is C14H12BrCl2N. The third-order valence-electron chi connectivity index (χ3n) is 2.75. The molecule has 1 nitrogen and oxygen atoms in total. The van der Waals surface area contributed by atoms with Crippen LogP contribution in [0, 0.1) is 0 Å². The Bertz CT molecular complexity index is 557. The average Bonchev–Trinajstić information content (AvgIpc) is 2.35. The van der Waals surface area contributed by atoms with E-state index in [2.05, 4.69) is 33.4 Å². The molecule has 4 heteroatoms. The average molecular weight is 345 g/mol. The second kappa shape index (κ2) is 6.07. The number of hydrogen-bond acceptors (Lipinski definition) is 1. The van der Waals surface area contributed by atoms with Crippen molar-refractivity contribution in [2.75, 3.05) is 7.05 Å². The topological polar surface area (TPSA) is 12.0 Å². The lowest BCUT2D eigenvalue weighted by molar-refractivity contribution is 0.691. The summed E-state index contributed by atoms with van der Waals surface area (Å²) in [6.07, 6.45) is 0. The first-order chi connectivity index (χ1) is 8.61. The number of benzene rings is 2. The minimum atomic E-state index is 0.0947. The van der Waals surface area contributed by atoms with E-state index >= 15 is 0 Å². The number of nitrogens with one attached hydrogen (secondary N) is 1. The fraction of sp³-hybridized carbons (Fsp3) is 0.143. The highest BCUT2D eigenvalue weighted by Crippen LogP contribution is 2.29. The van der Waals surface area contributed by atoms with Crippen LogP contribution in [0.5, 0.6) is 0 Å². The van der Waals surface area contributed by atoms with E-state index in [4.69, 9.17) is 23.2 Å². The van der Waals surface area contributed by atoms with Crippen molar-refractivity contribution in [2.24, 2.45) is 0 Å². The lowest BCUT2D eigenvalue weighted by Gasteiger charge is -2.18. The number of rotatable bonds is 3. The zero-order valence-corrected chi connectivity index (χ0v) is 12.9. The van der Waals surface area contributed by atoms with Gasteiger partial charge in [-0.1, -0.05) is 57.3 Å². The van der Waals surface area contributed by atoms with Gasteiger partial charge in [-0.2, -0.15) is 0 Å². The molecule has 0 aromatic heterocycles. The predicted octanol–water partition coefficient (Wildman–Crippen LogP) is 5.06. The van der Waals surface area contributed by atoms with E-state index in [1.165, 1.54) is 5.56 Å². The van der Waals surface area contributed by atoms with E-state index in [1.807, 2.05) is 37.4 Å². The highest BCUT2D eigenvalue weighted by Gasteiger charge is 2.13. The van der Waals surface area contributed by atoms with Crippen LogP contribution >= 0.6 is 39.1 Å². The SMILES string of the molecule is CNC(c1cccc(Br)c1)c1ccc(Cl)c(Cl)c1. The van der Waals surface area contributed by atoms with E-state index in [-0.39, 0.29) is 6.04 Å². The molecule has 94 valence electrons. The molecule has 1 unspecified atom stereocenters. The smallest absolute Gasteiger partial charge is 0.0595 e. The fourth-order valence-electron chi connectivity index (χ4n) is 1.90. The van der Waals surface area contributed by atoms with Crippen LogP contribution in [0.15, 0.2) is 46.9 Å². The normalized spacial score (nSPS) is 12.4. The molecule has 0 aliphatic rings. The van der Waals surface area contributed by atoms with Crippen LogP contribution in [0.2, 0.25) is 10.0 Å². The van der Waals surface area contributed by atoms with Gasteiger partial charge in [-0.3, -0.25) is 0 Å². The molecule has 2 aromatic rings. The van der Waals surface area contributed by atoms with Crippen LogP contribution in [-0.2, 0) is 0 Å². The summed E-state index contributed by atoms with van der Waals surface area (Å²) in [5, 5.41) is 4.43. The molecule has 0 aliphatic heterocycles. The zero-order valence-electron chi connectivity index (χ0n) is 9.75. The lowest BCUT2D eigenvalue weighted by atomic mass is 9.99. The Morgan fingerprint density at radius 1 is 1.00 bits per heavy atom. The monoisotopic (exact) mass is 343 g/mol. The van der Waals surface area contributed by atoms with Crippen molar-refractivity contribution < 1.29 is 0 Å². The molecule has 1 N–H and O–H groups in total. The molecule has 0 saturated carbocycles. The van der Waals surface area contributed by atoms with E-state index < -0.39 is 0 Å². The molecule has 2 aromatic carbocycles. The maximum absolute atomic E-state index is 6.06. The Balaban J connectivity index is 2.42. The third kappa shape index (κ3) is 3.07. The Labute approximate surface area is 125 Å². The largest absolute Gasteiger partial charge is 0.309 e. The van der Waals surface area contributed by atoms with Crippen LogP contribution < -0.4 is 5.32 Å². The number of halogens is 3. The van der Waals surface area contributed by atoms with Crippen LogP contribution in [0.1, 0.15) is 17.2 Å². The third-order valence-corrected chi connectivity index (χ3v) is 3.98. The number of hydrogen-bond donors (Lipinski definition) is 1. The molecule has 0 heterocycles. The van der Waals surface area contributed by atoms with Crippen LogP contribution in [0.3, 0.4) is 0 Å². The van der Waals surface area contributed by atoms with Crippen molar-refractivity contribution in [2.45, 2.75) is 6.04 Å². The second-order valence-corrected chi connectivity index (χ2v) is 5.68. The molecule has 0 saturated heterocycles. The first kappa shape index (κ1) is 13.9. The molecule has 0 spiro atoms. The van der Waals surface area contributed by atoms with Crippen LogP contribution in [-0.4, -0.2) is 7.05 Å². The summed E-state index contributed by atoms with van der Waals surface area (Å²) in [5.41, 5.74) is 2.26. The van der Waals surface area contributed by atoms with E-state index in [1.54, 1.807) is 0 Å². The maximum Gasteiger partial charge on any atom is 0.0595 e. The van der Waals surface area contributed by atoms with Gasteiger partial charge in [-0.05, 0) is 42.4 Å². The summed E-state index contributed by atoms with van der Waals surface area (Å²) in [6.45, 7) is 0. The summed E-state index contributed by atoms with van der Waals surface area (Å²) in [5.74, 6) is 0. The molecule has 1 atom stereocenters. The van der Waals surface area contributed by atoms with Gasteiger partial charge in [0.25, 0.3) is 0 Å². The standard InChI is InChI=1S/C14H12BrCl2N/c1-18-14(9-3-2-4-11(15)7-9)10-5-6-12(16)13(17)8-10/h2-8,14,18H,1H3. The van der Waals surface area contributed by atoms with Gasteiger partial charge in [0.05, 0.1) is 16.1 Å². The van der Waals surface area contributed by atoms with Crippen molar-refractivity contribution in [3.63, 3.8) is 0 Å². The second-order valence-electron chi connectivity index (χ2n) is 3.95. The van der Waals surface area contributed by atoms with Gasteiger partial charge in [0.2, 0.25) is 0 Å². The van der Waals surface area contributed by atoms with Gasteiger partial charge in [0, 0.05) is 4.47 Å². The summed E-state index contributed by atoms with van der Waals surface area (Å²) in [6, 6.07) is 14.0. The lowest BCUT2D eigenvalue weighted by Crippen LogP contribution is -2.17. The van der Waals surface area contributed by atoms with Crippen molar-refractivity contribution in [1.82, 2.24) is 5.32 Å². The Hall–Kier alpha value is -0.540. The summed E-state index contributed by atoms with van der Waals surface area (Å²) in [7, 11) is 1.92. The van der Waals surface area contributed by atoms with Crippen LogP contribution in [0.25, 0.3) is 0 Å². The van der Waals surface area contributed by atoms with Crippen molar-refractivity contribution in [1.29, 1.82) is 0 Å².